The number of hydrogen-bond acceptors (Lipinski definition) is 4. The third kappa shape index (κ3) is 1.15. The summed E-state index contributed by atoms with van der Waals surface area (Å²) < 4.78 is 1.21. The molecule has 0 saturated carbocycles. The van der Waals surface area contributed by atoms with E-state index in [1.54, 1.807) is 0 Å². The van der Waals surface area contributed by atoms with E-state index < -0.39 is 10.6 Å². The number of nitrogens with zero attached hydrogens (tertiary/aromatic N) is 3. The van der Waals surface area contributed by atoms with E-state index in [-0.39, 0.29) is 5.69 Å². The first-order chi connectivity index (χ1) is 6.16. The molecule has 2 heterocycles. The maximum absolute atomic E-state index is 10.7. The van der Waals surface area contributed by atoms with E-state index in [1.807, 2.05) is 0 Å². The molecule has 0 aliphatic heterocycles. The summed E-state index contributed by atoms with van der Waals surface area (Å²) in [5, 5.41) is 12.6. The number of nitro groups is 1. The molecule has 0 aliphatic carbocycles. The average Bonchev–Trinajstić information content (AvgIpc) is 2.42. The first-order valence-corrected chi connectivity index (χ1v) is 3.39. The lowest BCUT2D eigenvalue weighted by molar-refractivity contribution is -0.385. The first kappa shape index (κ1) is 7.47. The smallest absolute Gasteiger partial charge is 0.258 e. The van der Waals surface area contributed by atoms with E-state index in [2.05, 4.69) is 10.1 Å². The highest BCUT2D eigenvalue weighted by atomic mass is 16.6. The van der Waals surface area contributed by atoms with Crippen LogP contribution in [0.1, 0.15) is 0 Å². The summed E-state index contributed by atoms with van der Waals surface area (Å²) in [7, 11) is 0. The van der Waals surface area contributed by atoms with Crippen molar-refractivity contribution in [2.75, 3.05) is 0 Å². The van der Waals surface area contributed by atoms with Crippen molar-refractivity contribution in [2.45, 2.75) is 0 Å². The lowest BCUT2D eigenvalue weighted by atomic mass is 10.4. The van der Waals surface area contributed by atoms with Gasteiger partial charge in [0.1, 0.15) is 6.20 Å². The van der Waals surface area contributed by atoms with Crippen LogP contribution < -0.4 is 5.69 Å². The molecule has 0 bridgehead atoms. The van der Waals surface area contributed by atoms with Crippen LogP contribution in [0.2, 0.25) is 0 Å². The molecule has 2 aromatic rings. The molecule has 0 aromatic carbocycles. The van der Waals surface area contributed by atoms with Gasteiger partial charge >= 0.3 is 5.69 Å². The van der Waals surface area contributed by atoms with Crippen molar-refractivity contribution >= 4 is 11.3 Å². The van der Waals surface area contributed by atoms with E-state index in [4.69, 9.17) is 0 Å². The van der Waals surface area contributed by atoms with Crippen molar-refractivity contribution < 1.29 is 4.92 Å². The minimum atomic E-state index is -0.544. The second kappa shape index (κ2) is 2.41. The SMILES string of the molecule is O=c1nc2ccc([N+](=O)[O-])cn2[nH]1. The van der Waals surface area contributed by atoms with Gasteiger partial charge in [0.15, 0.2) is 5.65 Å². The first-order valence-electron chi connectivity index (χ1n) is 3.39. The monoisotopic (exact) mass is 180 g/mol. The van der Waals surface area contributed by atoms with Gasteiger partial charge in [-0.25, -0.2) is 14.4 Å². The number of aromatic amines is 1. The molecule has 1 N–H and O–H groups in total. The maximum Gasteiger partial charge on any atom is 0.362 e. The predicted molar refractivity (Wildman–Crippen MR) is 42.5 cm³/mol. The summed E-state index contributed by atoms with van der Waals surface area (Å²) in [6.45, 7) is 0. The summed E-state index contributed by atoms with van der Waals surface area (Å²) >= 11 is 0. The third-order valence-corrected chi connectivity index (χ3v) is 1.55. The van der Waals surface area contributed by atoms with Gasteiger partial charge in [-0.05, 0) is 6.07 Å². The van der Waals surface area contributed by atoms with Crippen LogP contribution >= 0.6 is 0 Å². The summed E-state index contributed by atoms with van der Waals surface area (Å²) in [5.41, 5.74) is -0.266. The Labute approximate surface area is 70.8 Å². The second-order valence-electron chi connectivity index (χ2n) is 2.40. The lowest BCUT2D eigenvalue weighted by Gasteiger charge is -1.91. The van der Waals surface area contributed by atoms with Gasteiger partial charge in [-0.1, -0.05) is 0 Å². The fourth-order valence-electron chi connectivity index (χ4n) is 1.00. The number of fused-ring (bicyclic) bond motifs is 1. The zero-order valence-electron chi connectivity index (χ0n) is 6.30. The van der Waals surface area contributed by atoms with Crippen LogP contribution in [-0.4, -0.2) is 19.5 Å². The molecular weight excluding hydrogens is 176 g/mol. The van der Waals surface area contributed by atoms with Crippen LogP contribution in [0.5, 0.6) is 0 Å². The van der Waals surface area contributed by atoms with Crippen molar-refractivity contribution in [3.63, 3.8) is 0 Å². The Morgan fingerprint density at radius 1 is 1.54 bits per heavy atom. The molecule has 7 heteroatoms. The van der Waals surface area contributed by atoms with Crippen molar-refractivity contribution in [2.24, 2.45) is 0 Å². The molecule has 0 fully saturated rings. The van der Waals surface area contributed by atoms with Gasteiger partial charge < -0.3 is 0 Å². The topological polar surface area (TPSA) is 93.3 Å². The van der Waals surface area contributed by atoms with E-state index in [0.29, 0.717) is 5.65 Å². The largest absolute Gasteiger partial charge is 0.362 e. The van der Waals surface area contributed by atoms with Gasteiger partial charge in [0.25, 0.3) is 5.69 Å². The van der Waals surface area contributed by atoms with Gasteiger partial charge in [-0.2, -0.15) is 4.98 Å². The number of aromatic nitrogens is 3. The van der Waals surface area contributed by atoms with Crippen molar-refractivity contribution in [1.29, 1.82) is 0 Å². The summed E-state index contributed by atoms with van der Waals surface area (Å²) in [6.07, 6.45) is 1.20. The number of H-pyrrole nitrogens is 1. The van der Waals surface area contributed by atoms with Crippen LogP contribution in [0.4, 0.5) is 5.69 Å². The van der Waals surface area contributed by atoms with Crippen LogP contribution in [0.3, 0.4) is 0 Å². The number of rotatable bonds is 1. The molecule has 0 amide bonds. The zero-order valence-corrected chi connectivity index (χ0v) is 6.30. The van der Waals surface area contributed by atoms with E-state index >= 15 is 0 Å². The highest BCUT2D eigenvalue weighted by molar-refractivity contribution is 5.41. The fraction of sp³-hybridized carbons (Fsp3) is 0. The van der Waals surface area contributed by atoms with E-state index in [1.165, 1.54) is 22.8 Å². The summed E-state index contributed by atoms with van der Waals surface area (Å²) in [4.78, 5) is 24.0. The molecule has 0 saturated heterocycles. The Bertz CT molecular complexity index is 526. The predicted octanol–water partition coefficient (Wildman–Crippen LogP) is -0.0692. The summed E-state index contributed by atoms with van der Waals surface area (Å²) in [6, 6.07) is 2.69. The van der Waals surface area contributed by atoms with Crippen LogP contribution in [0.25, 0.3) is 5.65 Å². The highest BCUT2D eigenvalue weighted by Gasteiger charge is 2.06. The van der Waals surface area contributed by atoms with E-state index in [0.717, 1.165) is 0 Å². The Morgan fingerprint density at radius 2 is 2.31 bits per heavy atom. The van der Waals surface area contributed by atoms with Crippen molar-refractivity contribution in [3.05, 3.63) is 38.9 Å². The van der Waals surface area contributed by atoms with Crippen LogP contribution in [0.15, 0.2) is 23.1 Å². The molecular formula is C6H4N4O3. The fourth-order valence-corrected chi connectivity index (χ4v) is 1.00. The molecule has 2 aromatic heterocycles. The molecule has 2 rings (SSSR count). The standard InChI is InChI=1S/C6H4N4O3/c11-6-7-5-2-1-4(10(12)13)3-9(5)8-6/h1-3H,(H,8,11). The maximum atomic E-state index is 10.7. The van der Waals surface area contributed by atoms with Gasteiger partial charge in [-0.15, -0.1) is 0 Å². The Morgan fingerprint density at radius 3 is 3.00 bits per heavy atom. The lowest BCUT2D eigenvalue weighted by Crippen LogP contribution is -2.01. The van der Waals surface area contributed by atoms with Gasteiger partial charge in [-0.3, -0.25) is 10.1 Å². The zero-order chi connectivity index (χ0) is 9.42. The minimum Gasteiger partial charge on any atom is -0.258 e. The highest BCUT2D eigenvalue weighted by Crippen LogP contribution is 2.09. The van der Waals surface area contributed by atoms with Crippen molar-refractivity contribution in [1.82, 2.24) is 14.6 Å². The second-order valence-corrected chi connectivity index (χ2v) is 2.40. The molecule has 0 atom stereocenters. The molecule has 13 heavy (non-hydrogen) atoms. The van der Waals surface area contributed by atoms with Crippen molar-refractivity contribution in [3.8, 4) is 0 Å². The Balaban J connectivity index is 2.74. The minimum absolute atomic E-state index is 0.0962. The van der Waals surface area contributed by atoms with Crippen LogP contribution in [-0.2, 0) is 0 Å². The normalized spacial score (nSPS) is 10.5. The Hall–Kier alpha value is -2.18. The van der Waals surface area contributed by atoms with Crippen LogP contribution in [0, 0.1) is 10.1 Å². The molecule has 66 valence electrons. The Kier molecular flexibility index (Phi) is 1.38. The number of nitrogens with one attached hydrogen (secondary N) is 1. The van der Waals surface area contributed by atoms with Gasteiger partial charge in [0, 0.05) is 6.07 Å². The number of pyridine rings is 1. The molecule has 0 unspecified atom stereocenters. The average molecular weight is 180 g/mol. The molecule has 7 nitrogen and oxygen atoms in total. The van der Waals surface area contributed by atoms with Gasteiger partial charge in [0.2, 0.25) is 0 Å². The van der Waals surface area contributed by atoms with Gasteiger partial charge in [0.05, 0.1) is 4.92 Å². The molecule has 0 aliphatic rings. The number of hydrogen-bond donors (Lipinski definition) is 1. The quantitative estimate of drug-likeness (QED) is 0.491. The molecule has 0 radical (unpaired) electrons. The summed E-state index contributed by atoms with van der Waals surface area (Å²) in [5.74, 6) is 0. The van der Waals surface area contributed by atoms with E-state index in [9.17, 15) is 14.9 Å². The molecule has 0 spiro atoms. The third-order valence-electron chi connectivity index (χ3n) is 1.55.